The molecule has 0 aliphatic rings. The van der Waals surface area contributed by atoms with E-state index in [1.165, 1.54) is 12.1 Å². The monoisotopic (exact) mass is 500 g/mol. The number of anilines is 1. The highest BCUT2D eigenvalue weighted by atomic mass is 79.9. The van der Waals surface area contributed by atoms with Crippen LogP contribution in [0.2, 0.25) is 0 Å². The first-order valence-electron chi connectivity index (χ1n) is 10.0. The predicted molar refractivity (Wildman–Crippen MR) is 127 cm³/mol. The highest BCUT2D eigenvalue weighted by molar-refractivity contribution is 9.10. The molecule has 3 aromatic carbocycles. The van der Waals surface area contributed by atoms with Gasteiger partial charge in [0, 0.05) is 4.47 Å². The minimum atomic E-state index is -3.92. The predicted octanol–water partition coefficient (Wildman–Crippen LogP) is 5.22. The summed E-state index contributed by atoms with van der Waals surface area (Å²) in [5.74, 6) is -0.366. The first-order valence-corrected chi connectivity index (χ1v) is 12.2. The normalized spacial score (nSPS) is 12.2. The summed E-state index contributed by atoms with van der Waals surface area (Å²) in [5.41, 5.74) is 2.55. The van der Waals surface area contributed by atoms with Gasteiger partial charge in [0.05, 0.1) is 16.6 Å². The fourth-order valence-corrected chi connectivity index (χ4v) is 4.94. The van der Waals surface area contributed by atoms with E-state index in [0.29, 0.717) is 12.1 Å². The molecule has 3 rings (SSSR count). The molecular formula is C24H25BrN2O3S. The Hall–Kier alpha value is -2.64. The summed E-state index contributed by atoms with van der Waals surface area (Å²) in [7, 11) is -3.92. The molecular weight excluding hydrogens is 476 g/mol. The number of hydrogen-bond donors (Lipinski definition) is 1. The van der Waals surface area contributed by atoms with Crippen LogP contribution in [-0.2, 0) is 14.8 Å². The molecule has 0 aliphatic heterocycles. The van der Waals surface area contributed by atoms with E-state index in [0.717, 1.165) is 19.9 Å². The fraction of sp³-hybridized carbons (Fsp3) is 0.208. The molecule has 7 heteroatoms. The summed E-state index contributed by atoms with van der Waals surface area (Å²) in [6.07, 6.45) is 0.693. The summed E-state index contributed by atoms with van der Waals surface area (Å²) < 4.78 is 28.7. The van der Waals surface area contributed by atoms with Crippen LogP contribution in [0, 0.1) is 6.92 Å². The second kappa shape index (κ2) is 10.1. The molecule has 0 aromatic heterocycles. The van der Waals surface area contributed by atoms with Crippen LogP contribution < -0.4 is 9.62 Å². The molecule has 0 fully saturated rings. The number of carbonyl (C=O) groups is 1. The highest BCUT2D eigenvalue weighted by Crippen LogP contribution is 2.25. The lowest BCUT2D eigenvalue weighted by atomic mass is 10.0. The molecule has 0 radical (unpaired) electrons. The van der Waals surface area contributed by atoms with Gasteiger partial charge in [0.2, 0.25) is 5.91 Å². The second-order valence-corrected chi connectivity index (χ2v) is 10.0. The van der Waals surface area contributed by atoms with E-state index in [2.05, 4.69) is 21.2 Å². The average molecular weight is 501 g/mol. The zero-order valence-electron chi connectivity index (χ0n) is 17.5. The molecule has 0 unspecified atom stereocenters. The van der Waals surface area contributed by atoms with Crippen LogP contribution in [0.5, 0.6) is 0 Å². The van der Waals surface area contributed by atoms with Gasteiger partial charge in [-0.2, -0.15) is 0 Å². The van der Waals surface area contributed by atoms with E-state index in [4.69, 9.17) is 0 Å². The van der Waals surface area contributed by atoms with Crippen molar-refractivity contribution in [2.45, 2.75) is 31.2 Å². The third kappa shape index (κ3) is 5.74. The van der Waals surface area contributed by atoms with Crippen molar-refractivity contribution in [3.63, 3.8) is 0 Å². The number of rotatable bonds is 8. The van der Waals surface area contributed by atoms with Crippen LogP contribution in [0.4, 0.5) is 5.69 Å². The van der Waals surface area contributed by atoms with E-state index >= 15 is 0 Å². The molecule has 0 aliphatic carbocycles. The van der Waals surface area contributed by atoms with Crippen molar-refractivity contribution in [1.82, 2.24) is 5.32 Å². The molecule has 5 nitrogen and oxygen atoms in total. The van der Waals surface area contributed by atoms with Crippen molar-refractivity contribution in [2.75, 3.05) is 10.8 Å². The number of nitrogens with zero attached hydrogens (tertiary/aromatic N) is 1. The lowest BCUT2D eigenvalue weighted by Crippen LogP contribution is -2.42. The zero-order chi connectivity index (χ0) is 22.4. The number of aryl methyl sites for hydroxylation is 1. The molecule has 0 saturated carbocycles. The maximum absolute atomic E-state index is 13.4. The maximum atomic E-state index is 13.4. The van der Waals surface area contributed by atoms with Crippen molar-refractivity contribution < 1.29 is 13.2 Å². The SMILES string of the molecule is CC[C@H](NC(=O)CN(c1ccc(Br)cc1)S(=O)(=O)c1ccccc1)c1ccc(C)cc1. The number of hydrogen-bond acceptors (Lipinski definition) is 3. The average Bonchev–Trinajstić information content (AvgIpc) is 2.78. The molecule has 0 heterocycles. The summed E-state index contributed by atoms with van der Waals surface area (Å²) in [5, 5.41) is 2.98. The Morgan fingerprint density at radius 3 is 2.16 bits per heavy atom. The Morgan fingerprint density at radius 1 is 0.968 bits per heavy atom. The third-order valence-corrected chi connectivity index (χ3v) is 7.27. The Morgan fingerprint density at radius 2 is 1.58 bits per heavy atom. The van der Waals surface area contributed by atoms with Crippen molar-refractivity contribution in [1.29, 1.82) is 0 Å². The topological polar surface area (TPSA) is 66.5 Å². The maximum Gasteiger partial charge on any atom is 0.264 e. The van der Waals surface area contributed by atoms with E-state index in [1.807, 2.05) is 38.1 Å². The van der Waals surface area contributed by atoms with Crippen LogP contribution in [-0.4, -0.2) is 20.9 Å². The number of benzene rings is 3. The smallest absolute Gasteiger partial charge is 0.264 e. The fourth-order valence-electron chi connectivity index (χ4n) is 3.23. The third-order valence-electron chi connectivity index (χ3n) is 4.96. The number of sulfonamides is 1. The first kappa shape index (κ1) is 23.0. The largest absolute Gasteiger partial charge is 0.348 e. The molecule has 0 bridgehead atoms. The van der Waals surface area contributed by atoms with Gasteiger partial charge in [-0.1, -0.05) is 70.9 Å². The van der Waals surface area contributed by atoms with Gasteiger partial charge in [-0.15, -0.1) is 0 Å². The molecule has 162 valence electrons. The Bertz CT molecular complexity index is 1120. The van der Waals surface area contributed by atoms with E-state index in [9.17, 15) is 13.2 Å². The Balaban J connectivity index is 1.88. The second-order valence-electron chi connectivity index (χ2n) is 7.24. The number of halogens is 1. The molecule has 0 saturated heterocycles. The van der Waals surface area contributed by atoms with Crippen molar-refractivity contribution in [3.05, 3.63) is 94.5 Å². The van der Waals surface area contributed by atoms with E-state index < -0.39 is 10.0 Å². The van der Waals surface area contributed by atoms with Crippen molar-refractivity contribution >= 4 is 37.5 Å². The minimum Gasteiger partial charge on any atom is -0.348 e. The van der Waals surface area contributed by atoms with Gasteiger partial charge < -0.3 is 5.32 Å². The van der Waals surface area contributed by atoms with Crippen molar-refractivity contribution in [3.8, 4) is 0 Å². The molecule has 1 amide bonds. The van der Waals surface area contributed by atoms with Crippen LogP contribution in [0.25, 0.3) is 0 Å². The summed E-state index contributed by atoms with van der Waals surface area (Å²) >= 11 is 3.37. The van der Waals surface area contributed by atoms with Gasteiger partial charge in [0.25, 0.3) is 10.0 Å². The first-order chi connectivity index (χ1) is 14.8. The molecule has 31 heavy (non-hydrogen) atoms. The van der Waals surface area contributed by atoms with Crippen LogP contribution in [0.3, 0.4) is 0 Å². The van der Waals surface area contributed by atoms with Gasteiger partial charge in [-0.25, -0.2) is 8.42 Å². The lowest BCUT2D eigenvalue weighted by Gasteiger charge is -2.26. The Labute approximate surface area is 192 Å². The summed E-state index contributed by atoms with van der Waals surface area (Å²) in [6.45, 7) is 3.67. The highest BCUT2D eigenvalue weighted by Gasteiger charge is 2.27. The van der Waals surface area contributed by atoms with Crippen LogP contribution in [0.15, 0.2) is 88.2 Å². The van der Waals surface area contributed by atoms with Gasteiger partial charge in [-0.3, -0.25) is 9.10 Å². The van der Waals surface area contributed by atoms with Gasteiger partial charge in [-0.05, 0) is 55.3 Å². The van der Waals surface area contributed by atoms with Gasteiger partial charge >= 0.3 is 0 Å². The molecule has 1 N–H and O–H groups in total. The van der Waals surface area contributed by atoms with Gasteiger partial charge in [0.1, 0.15) is 6.54 Å². The number of nitrogens with one attached hydrogen (secondary N) is 1. The van der Waals surface area contributed by atoms with E-state index in [-0.39, 0.29) is 23.4 Å². The molecule has 3 aromatic rings. The standard InChI is InChI=1S/C24H25BrN2O3S/c1-3-23(19-11-9-18(2)10-12-19)26-24(28)17-27(21-15-13-20(25)14-16-21)31(29,30)22-7-5-4-6-8-22/h4-16,23H,3,17H2,1-2H3,(H,26,28)/t23-/m0/s1. The van der Waals surface area contributed by atoms with Crippen molar-refractivity contribution in [2.24, 2.45) is 0 Å². The lowest BCUT2D eigenvalue weighted by molar-refractivity contribution is -0.120. The summed E-state index contributed by atoms with van der Waals surface area (Å²) in [6, 6.07) is 22.8. The minimum absolute atomic E-state index is 0.135. The van der Waals surface area contributed by atoms with E-state index in [1.54, 1.807) is 42.5 Å². The van der Waals surface area contributed by atoms with Gasteiger partial charge in [0.15, 0.2) is 0 Å². The number of amides is 1. The molecule has 0 spiro atoms. The molecule has 1 atom stereocenters. The summed E-state index contributed by atoms with van der Waals surface area (Å²) in [4.78, 5) is 13.1. The van der Waals surface area contributed by atoms with Crippen LogP contribution in [0.1, 0.15) is 30.5 Å². The Kier molecular flexibility index (Phi) is 7.51. The quantitative estimate of drug-likeness (QED) is 0.460. The van der Waals surface area contributed by atoms with Crippen LogP contribution >= 0.6 is 15.9 Å². The zero-order valence-corrected chi connectivity index (χ0v) is 19.9. The number of carbonyl (C=O) groups excluding carboxylic acids is 1.